The lowest BCUT2D eigenvalue weighted by molar-refractivity contribution is 0.429. The summed E-state index contributed by atoms with van der Waals surface area (Å²) in [6, 6.07) is 18.4. The average Bonchev–Trinajstić information content (AvgIpc) is 2.62. The van der Waals surface area contributed by atoms with Crippen molar-refractivity contribution in [2.45, 2.75) is 6.54 Å². The van der Waals surface area contributed by atoms with E-state index in [-0.39, 0.29) is 0 Å². The van der Waals surface area contributed by atoms with E-state index >= 15 is 0 Å². The van der Waals surface area contributed by atoms with Gasteiger partial charge in [0.05, 0.1) is 0 Å². The van der Waals surface area contributed by atoms with Gasteiger partial charge in [-0.2, -0.15) is 0 Å². The first kappa shape index (κ1) is 16.4. The number of nitrogens with one attached hydrogen (secondary N) is 1. The summed E-state index contributed by atoms with van der Waals surface area (Å²) in [6.07, 6.45) is 3.65. The van der Waals surface area contributed by atoms with Crippen molar-refractivity contribution in [2.75, 3.05) is 18.4 Å². The van der Waals surface area contributed by atoms with Crippen LogP contribution in [0.4, 0.5) is 5.69 Å². The summed E-state index contributed by atoms with van der Waals surface area (Å²) in [7, 11) is 0. The number of nitrogens with two attached hydrogens (primary N) is 1. The molecule has 0 saturated heterocycles. The van der Waals surface area contributed by atoms with E-state index in [9.17, 15) is 0 Å². The Kier molecular flexibility index (Phi) is 5.36. The molecular weight excluding hydrogens is 316 g/mol. The van der Waals surface area contributed by atoms with Gasteiger partial charge in [0.1, 0.15) is 0 Å². The second-order valence-corrected chi connectivity index (χ2v) is 5.95. The Balaban J connectivity index is 1.74. The van der Waals surface area contributed by atoms with Gasteiger partial charge in [0.2, 0.25) is 0 Å². The van der Waals surface area contributed by atoms with Crippen LogP contribution in [0.1, 0.15) is 5.56 Å². The van der Waals surface area contributed by atoms with Crippen LogP contribution in [-0.2, 0) is 6.54 Å². The number of thiocarbonyl (C=S) groups is 1. The maximum absolute atomic E-state index is 5.75. The fourth-order valence-electron chi connectivity index (χ4n) is 2.58. The second-order valence-electron chi connectivity index (χ2n) is 5.56. The Hall–Kier alpha value is -2.50. The van der Waals surface area contributed by atoms with Crippen molar-refractivity contribution in [3.05, 3.63) is 72.6 Å². The maximum atomic E-state index is 5.75. The molecule has 1 aromatic heterocycles. The largest absolute Gasteiger partial charge is 0.343 e. The molecule has 0 radical (unpaired) electrons. The van der Waals surface area contributed by atoms with Gasteiger partial charge in [0, 0.05) is 43.1 Å². The Labute approximate surface area is 147 Å². The zero-order chi connectivity index (χ0) is 16.8. The highest BCUT2D eigenvalue weighted by molar-refractivity contribution is 7.80. The number of hydrogen-bond acceptors (Lipinski definition) is 3. The Morgan fingerprint density at radius 1 is 1.08 bits per heavy atom. The molecule has 24 heavy (non-hydrogen) atoms. The van der Waals surface area contributed by atoms with Gasteiger partial charge in [0.25, 0.3) is 0 Å². The molecule has 3 aromatic rings. The molecule has 3 rings (SSSR count). The third-order valence-corrected chi connectivity index (χ3v) is 4.15. The van der Waals surface area contributed by atoms with Gasteiger partial charge in [-0.1, -0.05) is 36.4 Å². The van der Waals surface area contributed by atoms with E-state index in [4.69, 9.17) is 18.0 Å². The highest BCUT2D eigenvalue weighted by atomic mass is 32.1. The van der Waals surface area contributed by atoms with Crippen LogP contribution in [0.15, 0.2) is 67.0 Å². The number of rotatable bonds is 5. The van der Waals surface area contributed by atoms with Gasteiger partial charge >= 0.3 is 0 Å². The van der Waals surface area contributed by atoms with Gasteiger partial charge in [-0.05, 0) is 41.4 Å². The lowest BCUT2D eigenvalue weighted by atomic mass is 10.1. The van der Waals surface area contributed by atoms with Crippen LogP contribution in [0, 0.1) is 0 Å². The van der Waals surface area contributed by atoms with Crippen molar-refractivity contribution in [3.63, 3.8) is 0 Å². The molecule has 0 unspecified atom stereocenters. The van der Waals surface area contributed by atoms with E-state index in [0.717, 1.165) is 23.0 Å². The third kappa shape index (κ3) is 4.07. The number of nitrogens with zero attached hydrogens (tertiary/aromatic N) is 2. The Morgan fingerprint density at radius 3 is 2.71 bits per heavy atom. The van der Waals surface area contributed by atoms with Crippen molar-refractivity contribution >= 4 is 33.8 Å². The van der Waals surface area contributed by atoms with Gasteiger partial charge in [-0.15, -0.1) is 0 Å². The van der Waals surface area contributed by atoms with Crippen LogP contribution in [0.2, 0.25) is 0 Å². The van der Waals surface area contributed by atoms with Crippen molar-refractivity contribution in [3.8, 4) is 0 Å². The molecular formula is C19H20N4S. The quantitative estimate of drug-likeness (QED) is 0.700. The number of hydrogen-bond donors (Lipinski definition) is 2. The lowest BCUT2D eigenvalue weighted by Crippen LogP contribution is -2.37. The fraction of sp³-hybridized carbons (Fsp3) is 0.158. The van der Waals surface area contributed by atoms with Crippen LogP contribution >= 0.6 is 12.2 Å². The van der Waals surface area contributed by atoms with Crippen LogP contribution in [0.25, 0.3) is 10.8 Å². The molecule has 122 valence electrons. The number of aromatic nitrogens is 1. The molecule has 0 saturated carbocycles. The van der Waals surface area contributed by atoms with E-state index in [0.29, 0.717) is 18.2 Å². The highest BCUT2D eigenvalue weighted by Crippen LogP contribution is 2.18. The predicted octanol–water partition coefficient (Wildman–Crippen LogP) is 3.39. The van der Waals surface area contributed by atoms with Gasteiger partial charge in [-0.25, -0.2) is 0 Å². The molecule has 0 bridgehead atoms. The summed E-state index contributed by atoms with van der Waals surface area (Å²) >= 11 is 5.59. The summed E-state index contributed by atoms with van der Waals surface area (Å²) < 4.78 is 0. The molecule has 0 spiro atoms. The number of fused-ring (bicyclic) bond motifs is 1. The van der Waals surface area contributed by atoms with E-state index in [2.05, 4.69) is 33.4 Å². The summed E-state index contributed by atoms with van der Waals surface area (Å²) in [5.41, 5.74) is 7.93. The summed E-state index contributed by atoms with van der Waals surface area (Å²) in [6.45, 7) is 2.00. The minimum atomic E-state index is 0.554. The number of anilines is 1. The van der Waals surface area contributed by atoms with Crippen molar-refractivity contribution in [1.82, 2.24) is 9.88 Å². The normalized spacial score (nSPS) is 10.5. The SMILES string of the molecule is NCCN(Cc1ccccc1)C(=S)Nc1ccc2cnccc2c1. The fourth-order valence-corrected chi connectivity index (χ4v) is 2.85. The van der Waals surface area contributed by atoms with E-state index in [1.165, 1.54) is 5.56 Å². The van der Waals surface area contributed by atoms with E-state index in [1.54, 1.807) is 6.20 Å². The van der Waals surface area contributed by atoms with E-state index in [1.807, 2.05) is 42.6 Å². The average molecular weight is 336 g/mol. The third-order valence-electron chi connectivity index (χ3n) is 3.79. The Morgan fingerprint density at radius 2 is 1.92 bits per heavy atom. The zero-order valence-corrected chi connectivity index (χ0v) is 14.2. The van der Waals surface area contributed by atoms with Gasteiger partial charge in [-0.3, -0.25) is 4.98 Å². The number of pyridine rings is 1. The first-order chi connectivity index (χ1) is 11.8. The Bertz CT molecular complexity index is 820. The lowest BCUT2D eigenvalue weighted by Gasteiger charge is -2.25. The molecule has 0 aliphatic heterocycles. The minimum Gasteiger partial charge on any atom is -0.343 e. The molecule has 0 aliphatic rings. The molecule has 3 N–H and O–H groups in total. The highest BCUT2D eigenvalue weighted by Gasteiger charge is 2.10. The molecule has 5 heteroatoms. The van der Waals surface area contributed by atoms with Crippen LogP contribution in [0.5, 0.6) is 0 Å². The maximum Gasteiger partial charge on any atom is 0.173 e. The van der Waals surface area contributed by atoms with Crippen molar-refractivity contribution in [1.29, 1.82) is 0 Å². The van der Waals surface area contributed by atoms with Crippen LogP contribution in [0.3, 0.4) is 0 Å². The van der Waals surface area contributed by atoms with Crippen LogP contribution in [-0.4, -0.2) is 28.1 Å². The van der Waals surface area contributed by atoms with E-state index < -0.39 is 0 Å². The van der Waals surface area contributed by atoms with Crippen molar-refractivity contribution in [2.24, 2.45) is 5.73 Å². The summed E-state index contributed by atoms with van der Waals surface area (Å²) in [5.74, 6) is 0. The molecule has 0 fully saturated rings. The monoisotopic (exact) mass is 336 g/mol. The molecule has 0 atom stereocenters. The molecule has 1 heterocycles. The van der Waals surface area contributed by atoms with Crippen LogP contribution < -0.4 is 11.1 Å². The second kappa shape index (κ2) is 7.86. The zero-order valence-electron chi connectivity index (χ0n) is 13.4. The van der Waals surface area contributed by atoms with Crippen molar-refractivity contribution < 1.29 is 0 Å². The summed E-state index contributed by atoms with van der Waals surface area (Å²) in [4.78, 5) is 6.22. The topological polar surface area (TPSA) is 54.2 Å². The predicted molar refractivity (Wildman–Crippen MR) is 104 cm³/mol. The first-order valence-corrected chi connectivity index (χ1v) is 8.31. The minimum absolute atomic E-state index is 0.554. The van der Waals surface area contributed by atoms with Gasteiger partial charge < -0.3 is 16.0 Å². The summed E-state index contributed by atoms with van der Waals surface area (Å²) in [5, 5.41) is 6.24. The first-order valence-electron chi connectivity index (χ1n) is 7.90. The molecule has 0 amide bonds. The molecule has 0 aliphatic carbocycles. The molecule has 4 nitrogen and oxygen atoms in total. The van der Waals surface area contributed by atoms with Gasteiger partial charge in [0.15, 0.2) is 5.11 Å². The molecule has 2 aromatic carbocycles. The standard InChI is InChI=1S/C19H20N4S/c20-9-11-23(14-15-4-2-1-3-5-15)19(24)22-18-7-6-17-13-21-10-8-16(17)12-18/h1-8,10,12-13H,9,11,14,20H2,(H,22,24). The smallest absolute Gasteiger partial charge is 0.173 e. The number of benzene rings is 2.